The molecule has 3 heterocycles. The molecule has 6 heteroatoms. The first-order valence-corrected chi connectivity index (χ1v) is 9.75. The number of thiophene rings is 2. The minimum atomic E-state index is -0.270. The zero-order valence-electron chi connectivity index (χ0n) is 13.3. The molecule has 0 radical (unpaired) electrons. The quantitative estimate of drug-likeness (QED) is 0.536. The van der Waals surface area contributed by atoms with E-state index in [1.807, 2.05) is 6.07 Å². The predicted molar refractivity (Wildman–Crippen MR) is 102 cm³/mol. The summed E-state index contributed by atoms with van der Waals surface area (Å²) in [6.45, 7) is 0. The van der Waals surface area contributed by atoms with E-state index < -0.39 is 0 Å². The zero-order chi connectivity index (χ0) is 17.2. The minimum Gasteiger partial charge on any atom is -0.309 e. The number of nitrogens with one attached hydrogen (secondary N) is 1. The molecule has 126 valence electrons. The molecule has 0 aliphatic rings. The van der Waals surface area contributed by atoms with Crippen LogP contribution >= 0.6 is 22.7 Å². The van der Waals surface area contributed by atoms with E-state index in [1.54, 1.807) is 23.5 Å². The van der Waals surface area contributed by atoms with Crippen molar-refractivity contribution >= 4 is 32.9 Å². The molecule has 4 aromatic rings. The van der Waals surface area contributed by atoms with Gasteiger partial charge in [-0.05, 0) is 59.0 Å². The Hall–Kier alpha value is -2.31. The molecule has 0 saturated heterocycles. The molecule has 0 aliphatic heterocycles. The molecule has 0 saturated carbocycles. The number of benzene rings is 1. The molecule has 1 aromatic carbocycles. The number of hydrogen-bond donors (Lipinski definition) is 1. The van der Waals surface area contributed by atoms with Crippen LogP contribution in [-0.2, 0) is 12.8 Å². The molecule has 1 N–H and O–H groups in total. The zero-order valence-corrected chi connectivity index (χ0v) is 14.9. The van der Waals surface area contributed by atoms with Crippen LogP contribution < -0.4 is 5.56 Å². The van der Waals surface area contributed by atoms with Crippen molar-refractivity contribution in [2.24, 2.45) is 0 Å². The predicted octanol–water partition coefficient (Wildman–Crippen LogP) is 5.03. The van der Waals surface area contributed by atoms with E-state index in [0.717, 1.165) is 35.5 Å². The molecule has 0 bridgehead atoms. The van der Waals surface area contributed by atoms with Crippen LogP contribution in [0.3, 0.4) is 0 Å². The lowest BCUT2D eigenvalue weighted by atomic mass is 10.1. The van der Waals surface area contributed by atoms with Crippen molar-refractivity contribution in [3.63, 3.8) is 0 Å². The highest BCUT2D eigenvalue weighted by Gasteiger charge is 2.10. The summed E-state index contributed by atoms with van der Waals surface area (Å²) in [6.07, 6.45) is 2.67. The lowest BCUT2D eigenvalue weighted by Crippen LogP contribution is -2.10. The SMILES string of the molecule is O=c1[nH]c(CCCc2ccsc2)nc2cc(-c3ccc(F)cc3)sc12. The first-order chi connectivity index (χ1) is 12.2. The fraction of sp³-hybridized carbons (Fsp3) is 0.158. The number of halogens is 1. The number of aromatic amines is 1. The summed E-state index contributed by atoms with van der Waals surface area (Å²) in [7, 11) is 0. The summed E-state index contributed by atoms with van der Waals surface area (Å²) in [5.74, 6) is 0.449. The molecule has 3 aromatic heterocycles. The van der Waals surface area contributed by atoms with Gasteiger partial charge in [0.2, 0.25) is 0 Å². The summed E-state index contributed by atoms with van der Waals surface area (Å²) in [4.78, 5) is 20.8. The van der Waals surface area contributed by atoms with Crippen molar-refractivity contribution < 1.29 is 4.39 Å². The van der Waals surface area contributed by atoms with Gasteiger partial charge in [0, 0.05) is 11.3 Å². The van der Waals surface area contributed by atoms with Crippen LogP contribution in [0.2, 0.25) is 0 Å². The van der Waals surface area contributed by atoms with Crippen LogP contribution in [0.1, 0.15) is 17.8 Å². The second kappa shape index (κ2) is 6.90. The van der Waals surface area contributed by atoms with E-state index in [-0.39, 0.29) is 11.4 Å². The number of hydrogen-bond acceptors (Lipinski definition) is 4. The van der Waals surface area contributed by atoms with Gasteiger partial charge >= 0.3 is 0 Å². The van der Waals surface area contributed by atoms with Crippen molar-refractivity contribution in [3.05, 3.63) is 74.7 Å². The van der Waals surface area contributed by atoms with E-state index in [4.69, 9.17) is 0 Å². The molecule has 25 heavy (non-hydrogen) atoms. The lowest BCUT2D eigenvalue weighted by molar-refractivity contribution is 0.628. The van der Waals surface area contributed by atoms with Gasteiger partial charge in [-0.25, -0.2) is 9.37 Å². The minimum absolute atomic E-state index is 0.103. The fourth-order valence-electron chi connectivity index (χ4n) is 2.76. The topological polar surface area (TPSA) is 45.8 Å². The van der Waals surface area contributed by atoms with Crippen molar-refractivity contribution in [2.75, 3.05) is 0 Å². The van der Waals surface area contributed by atoms with Crippen LogP contribution in [0.5, 0.6) is 0 Å². The van der Waals surface area contributed by atoms with Gasteiger partial charge in [-0.2, -0.15) is 11.3 Å². The van der Waals surface area contributed by atoms with Gasteiger partial charge in [-0.3, -0.25) is 4.79 Å². The molecule has 0 aliphatic carbocycles. The average Bonchev–Trinajstić information content (AvgIpc) is 3.25. The molecule has 0 amide bonds. The van der Waals surface area contributed by atoms with Crippen LogP contribution in [0.15, 0.2) is 52.0 Å². The van der Waals surface area contributed by atoms with E-state index in [2.05, 4.69) is 26.8 Å². The number of nitrogens with zero attached hydrogens (tertiary/aromatic N) is 1. The number of fused-ring (bicyclic) bond motifs is 1. The van der Waals surface area contributed by atoms with Crippen LogP contribution in [0, 0.1) is 5.82 Å². The van der Waals surface area contributed by atoms with E-state index >= 15 is 0 Å². The van der Waals surface area contributed by atoms with Gasteiger partial charge in [0.05, 0.1) is 5.52 Å². The van der Waals surface area contributed by atoms with Crippen molar-refractivity contribution in [3.8, 4) is 10.4 Å². The van der Waals surface area contributed by atoms with Crippen molar-refractivity contribution in [1.82, 2.24) is 9.97 Å². The Kier molecular flexibility index (Phi) is 4.46. The molecule has 0 fully saturated rings. The summed E-state index contributed by atoms with van der Waals surface area (Å²) in [5.41, 5.74) is 2.82. The lowest BCUT2D eigenvalue weighted by Gasteiger charge is -2.00. The van der Waals surface area contributed by atoms with Gasteiger partial charge in [0.1, 0.15) is 16.3 Å². The highest BCUT2D eigenvalue weighted by molar-refractivity contribution is 7.22. The third-order valence-corrected chi connectivity index (χ3v) is 5.92. The maximum absolute atomic E-state index is 13.1. The van der Waals surface area contributed by atoms with Crippen molar-refractivity contribution in [1.29, 1.82) is 0 Å². The Morgan fingerprint density at radius 2 is 1.96 bits per heavy atom. The Balaban J connectivity index is 1.58. The van der Waals surface area contributed by atoms with E-state index in [9.17, 15) is 9.18 Å². The Morgan fingerprint density at radius 1 is 1.12 bits per heavy atom. The van der Waals surface area contributed by atoms with Crippen LogP contribution in [-0.4, -0.2) is 9.97 Å². The molecule has 0 spiro atoms. The van der Waals surface area contributed by atoms with E-state index in [1.165, 1.54) is 29.0 Å². The molecular formula is C19H15FN2OS2. The van der Waals surface area contributed by atoms with Gasteiger partial charge in [-0.1, -0.05) is 12.1 Å². The highest BCUT2D eigenvalue weighted by atomic mass is 32.1. The first kappa shape index (κ1) is 16.2. The van der Waals surface area contributed by atoms with Gasteiger partial charge in [-0.15, -0.1) is 11.3 Å². The number of rotatable bonds is 5. The Morgan fingerprint density at radius 3 is 2.72 bits per heavy atom. The van der Waals surface area contributed by atoms with Gasteiger partial charge in [0.15, 0.2) is 0 Å². The molecule has 3 nitrogen and oxygen atoms in total. The normalized spacial score (nSPS) is 11.2. The van der Waals surface area contributed by atoms with Crippen LogP contribution in [0.25, 0.3) is 20.7 Å². The van der Waals surface area contributed by atoms with E-state index in [0.29, 0.717) is 10.2 Å². The Labute approximate surface area is 151 Å². The third kappa shape index (κ3) is 3.55. The number of aromatic nitrogens is 2. The van der Waals surface area contributed by atoms with Crippen molar-refractivity contribution in [2.45, 2.75) is 19.3 Å². The fourth-order valence-corrected chi connectivity index (χ4v) is 4.46. The molecule has 0 unspecified atom stereocenters. The average molecular weight is 370 g/mol. The summed E-state index contributed by atoms with van der Waals surface area (Å²) in [5, 5.41) is 4.22. The smallest absolute Gasteiger partial charge is 0.268 e. The summed E-state index contributed by atoms with van der Waals surface area (Å²) < 4.78 is 13.7. The maximum Gasteiger partial charge on any atom is 0.268 e. The summed E-state index contributed by atoms with van der Waals surface area (Å²) in [6, 6.07) is 10.3. The first-order valence-electron chi connectivity index (χ1n) is 7.99. The number of aryl methyl sites for hydroxylation is 2. The van der Waals surface area contributed by atoms with Gasteiger partial charge in [0.25, 0.3) is 5.56 Å². The monoisotopic (exact) mass is 370 g/mol. The third-order valence-electron chi connectivity index (χ3n) is 4.02. The molecule has 4 rings (SSSR count). The maximum atomic E-state index is 13.1. The number of H-pyrrole nitrogens is 1. The Bertz CT molecular complexity index is 1050. The second-order valence-corrected chi connectivity index (χ2v) is 7.66. The largest absolute Gasteiger partial charge is 0.309 e. The molecule has 0 atom stereocenters. The second-order valence-electron chi connectivity index (χ2n) is 5.83. The molecular weight excluding hydrogens is 355 g/mol. The standard InChI is InChI=1S/C19H15FN2OS2/c20-14-6-4-13(5-7-14)16-10-15-18(25-16)19(23)22-17(21-15)3-1-2-12-8-9-24-11-12/h4-11H,1-3H2,(H,21,22,23). The summed E-state index contributed by atoms with van der Waals surface area (Å²) >= 11 is 3.08. The van der Waals surface area contributed by atoms with Crippen LogP contribution in [0.4, 0.5) is 4.39 Å². The van der Waals surface area contributed by atoms with Gasteiger partial charge < -0.3 is 4.98 Å². The highest BCUT2D eigenvalue weighted by Crippen LogP contribution is 2.30.